The fourth-order valence-electron chi connectivity index (χ4n) is 3.08. The lowest BCUT2D eigenvalue weighted by atomic mass is 10.2. The molecule has 1 aliphatic heterocycles. The molecule has 0 amide bonds. The number of nitrogens with one attached hydrogen (secondary N) is 1. The van der Waals surface area contributed by atoms with Gasteiger partial charge in [0.1, 0.15) is 0 Å². The van der Waals surface area contributed by atoms with Crippen molar-refractivity contribution < 1.29 is 9.26 Å². The third-order valence-corrected chi connectivity index (χ3v) is 4.63. The van der Waals surface area contributed by atoms with Crippen molar-refractivity contribution in [1.82, 2.24) is 40.3 Å². The van der Waals surface area contributed by atoms with E-state index in [4.69, 9.17) is 9.26 Å². The van der Waals surface area contributed by atoms with Gasteiger partial charge in [0.15, 0.2) is 11.6 Å². The van der Waals surface area contributed by atoms with E-state index in [0.29, 0.717) is 30.0 Å². The molecule has 3 aromatic heterocycles. The standard InChI is InChI=1S/C17H22N8O2.ClH/c1-4-26-15-6-5-14(21-22-15)25-11(2)12(9-19-25)17-20-16(23-27-17)13-10-18-7-8-24(13)3;/h5-6,9,13,18H,4,7-8,10H2,1-3H3;1H. The number of rotatable bonds is 5. The Bertz CT molecular complexity index is 910. The van der Waals surface area contributed by atoms with E-state index in [9.17, 15) is 0 Å². The number of aromatic nitrogens is 6. The first-order chi connectivity index (χ1) is 13.2. The molecule has 3 aromatic rings. The van der Waals surface area contributed by atoms with E-state index in [0.717, 1.165) is 30.9 Å². The maximum atomic E-state index is 5.51. The molecule has 1 saturated heterocycles. The molecule has 0 saturated carbocycles. The molecule has 1 atom stereocenters. The quantitative estimate of drug-likeness (QED) is 0.672. The molecular formula is C17H23ClN8O2. The number of piperazine rings is 1. The summed E-state index contributed by atoms with van der Waals surface area (Å²) in [6.07, 6.45) is 1.70. The van der Waals surface area contributed by atoms with Gasteiger partial charge in [0.05, 0.1) is 30.1 Å². The number of halogens is 1. The van der Waals surface area contributed by atoms with Gasteiger partial charge in [-0.15, -0.1) is 22.6 Å². The minimum Gasteiger partial charge on any atom is -0.477 e. The lowest BCUT2D eigenvalue weighted by molar-refractivity contribution is 0.190. The number of likely N-dealkylation sites (N-methyl/N-ethyl adjacent to an activating group) is 1. The van der Waals surface area contributed by atoms with E-state index in [1.54, 1.807) is 16.9 Å². The van der Waals surface area contributed by atoms with Gasteiger partial charge in [0.25, 0.3) is 5.89 Å². The van der Waals surface area contributed by atoms with Crippen molar-refractivity contribution >= 4 is 12.4 Å². The van der Waals surface area contributed by atoms with Crippen LogP contribution in [0.25, 0.3) is 17.3 Å². The molecule has 0 radical (unpaired) electrons. The van der Waals surface area contributed by atoms with Crippen molar-refractivity contribution in [2.24, 2.45) is 0 Å². The molecule has 1 aliphatic rings. The molecule has 1 unspecified atom stereocenters. The summed E-state index contributed by atoms with van der Waals surface area (Å²) in [4.78, 5) is 6.81. The van der Waals surface area contributed by atoms with Gasteiger partial charge in [-0.2, -0.15) is 10.1 Å². The lowest BCUT2D eigenvalue weighted by Gasteiger charge is -2.30. The van der Waals surface area contributed by atoms with Gasteiger partial charge in [-0.1, -0.05) is 5.16 Å². The highest BCUT2D eigenvalue weighted by Gasteiger charge is 2.26. The Hall–Kier alpha value is -2.56. The third kappa shape index (κ3) is 3.84. The van der Waals surface area contributed by atoms with Gasteiger partial charge in [0, 0.05) is 25.7 Å². The normalized spacial score (nSPS) is 17.3. The molecule has 1 fully saturated rings. The number of ether oxygens (including phenoxy) is 1. The van der Waals surface area contributed by atoms with Crippen LogP contribution in [0.4, 0.5) is 0 Å². The second-order valence-electron chi connectivity index (χ2n) is 6.38. The predicted octanol–water partition coefficient (Wildman–Crippen LogP) is 1.42. The molecule has 150 valence electrons. The maximum Gasteiger partial charge on any atom is 0.261 e. The van der Waals surface area contributed by atoms with Gasteiger partial charge >= 0.3 is 0 Å². The molecule has 1 N–H and O–H groups in total. The molecule has 0 aromatic carbocycles. The lowest BCUT2D eigenvalue weighted by Crippen LogP contribution is -2.44. The van der Waals surface area contributed by atoms with Gasteiger partial charge in [-0.3, -0.25) is 4.90 Å². The SMILES string of the molecule is CCOc1ccc(-n2ncc(-c3nc(C4CNCCN4C)no3)c2C)nn1.Cl. The van der Waals surface area contributed by atoms with Crippen LogP contribution in [0.15, 0.2) is 22.9 Å². The summed E-state index contributed by atoms with van der Waals surface area (Å²) in [6.45, 7) is 7.09. The van der Waals surface area contributed by atoms with Crippen molar-refractivity contribution in [1.29, 1.82) is 0 Å². The summed E-state index contributed by atoms with van der Waals surface area (Å²) >= 11 is 0. The molecule has 10 nitrogen and oxygen atoms in total. The van der Waals surface area contributed by atoms with Gasteiger partial charge in [0.2, 0.25) is 5.88 Å². The zero-order valence-electron chi connectivity index (χ0n) is 16.0. The van der Waals surface area contributed by atoms with E-state index in [1.807, 2.05) is 19.9 Å². The highest BCUT2D eigenvalue weighted by molar-refractivity contribution is 5.85. The zero-order valence-corrected chi connectivity index (χ0v) is 16.8. The summed E-state index contributed by atoms with van der Waals surface area (Å²) in [5.74, 6) is 2.20. The van der Waals surface area contributed by atoms with Gasteiger partial charge in [-0.25, -0.2) is 4.68 Å². The Kier molecular flexibility index (Phi) is 6.22. The van der Waals surface area contributed by atoms with Crippen LogP contribution in [-0.4, -0.2) is 68.3 Å². The van der Waals surface area contributed by atoms with Crippen molar-refractivity contribution in [3.8, 4) is 23.2 Å². The van der Waals surface area contributed by atoms with E-state index < -0.39 is 0 Å². The van der Waals surface area contributed by atoms with Crippen LogP contribution >= 0.6 is 12.4 Å². The van der Waals surface area contributed by atoms with Crippen LogP contribution in [0, 0.1) is 6.92 Å². The van der Waals surface area contributed by atoms with Crippen molar-refractivity contribution in [3.05, 3.63) is 29.8 Å². The first-order valence-electron chi connectivity index (χ1n) is 8.94. The smallest absolute Gasteiger partial charge is 0.261 e. The molecule has 0 bridgehead atoms. The van der Waals surface area contributed by atoms with Gasteiger partial charge in [-0.05, 0) is 27.0 Å². The molecule has 4 rings (SSSR count). The third-order valence-electron chi connectivity index (χ3n) is 4.63. The molecule has 28 heavy (non-hydrogen) atoms. The summed E-state index contributed by atoms with van der Waals surface area (Å²) in [5.41, 5.74) is 1.62. The molecular weight excluding hydrogens is 384 g/mol. The topological polar surface area (TPSA) is 107 Å². The van der Waals surface area contributed by atoms with Gasteiger partial charge < -0.3 is 14.6 Å². The van der Waals surface area contributed by atoms with Crippen LogP contribution in [-0.2, 0) is 0 Å². The van der Waals surface area contributed by atoms with Crippen molar-refractivity contribution in [2.75, 3.05) is 33.3 Å². The van der Waals surface area contributed by atoms with Crippen LogP contribution in [0.2, 0.25) is 0 Å². The zero-order chi connectivity index (χ0) is 18.8. The molecule has 11 heteroatoms. The first kappa shape index (κ1) is 20.2. The Morgan fingerprint density at radius 1 is 1.32 bits per heavy atom. The van der Waals surface area contributed by atoms with Crippen LogP contribution in [0.1, 0.15) is 24.5 Å². The predicted molar refractivity (Wildman–Crippen MR) is 104 cm³/mol. The second-order valence-corrected chi connectivity index (χ2v) is 6.38. The fourth-order valence-corrected chi connectivity index (χ4v) is 3.08. The number of hydrogen-bond acceptors (Lipinski definition) is 9. The van der Waals surface area contributed by atoms with Crippen LogP contribution in [0.5, 0.6) is 5.88 Å². The fraction of sp³-hybridized carbons (Fsp3) is 0.471. The Labute approximate surface area is 168 Å². The van der Waals surface area contributed by atoms with Crippen molar-refractivity contribution in [2.45, 2.75) is 19.9 Å². The average molecular weight is 407 g/mol. The average Bonchev–Trinajstić information content (AvgIpc) is 3.30. The number of hydrogen-bond donors (Lipinski definition) is 1. The summed E-state index contributed by atoms with van der Waals surface area (Å²) in [6, 6.07) is 3.68. The number of nitrogens with zero attached hydrogens (tertiary/aromatic N) is 7. The summed E-state index contributed by atoms with van der Waals surface area (Å²) < 4.78 is 12.5. The first-order valence-corrected chi connectivity index (χ1v) is 8.94. The Morgan fingerprint density at radius 2 is 2.18 bits per heavy atom. The van der Waals surface area contributed by atoms with Crippen LogP contribution in [0.3, 0.4) is 0 Å². The largest absolute Gasteiger partial charge is 0.477 e. The Balaban J connectivity index is 0.00000225. The molecule has 0 spiro atoms. The van der Waals surface area contributed by atoms with Crippen molar-refractivity contribution in [3.63, 3.8) is 0 Å². The molecule has 4 heterocycles. The van der Waals surface area contributed by atoms with E-state index in [1.165, 1.54) is 0 Å². The monoisotopic (exact) mass is 406 g/mol. The van der Waals surface area contributed by atoms with E-state index >= 15 is 0 Å². The maximum absolute atomic E-state index is 5.51. The Morgan fingerprint density at radius 3 is 2.89 bits per heavy atom. The minimum atomic E-state index is 0. The summed E-state index contributed by atoms with van der Waals surface area (Å²) in [7, 11) is 2.06. The second kappa shape index (κ2) is 8.63. The molecule has 0 aliphatic carbocycles. The van der Waals surface area contributed by atoms with Crippen LogP contribution < -0.4 is 10.1 Å². The highest BCUT2D eigenvalue weighted by Crippen LogP contribution is 2.26. The summed E-state index contributed by atoms with van der Waals surface area (Å²) in [5, 5.41) is 20.1. The minimum absolute atomic E-state index is 0. The highest BCUT2D eigenvalue weighted by atomic mass is 35.5. The van der Waals surface area contributed by atoms with E-state index in [2.05, 4.69) is 42.7 Å². The van der Waals surface area contributed by atoms with E-state index in [-0.39, 0.29) is 18.4 Å².